The van der Waals surface area contributed by atoms with Crippen LogP contribution in [0.25, 0.3) is 0 Å². The summed E-state index contributed by atoms with van der Waals surface area (Å²) in [6, 6.07) is 15.5. The van der Waals surface area contributed by atoms with Gasteiger partial charge in [0, 0.05) is 0 Å². The summed E-state index contributed by atoms with van der Waals surface area (Å²) >= 11 is 0. The molecule has 0 aliphatic carbocycles. The lowest BCUT2D eigenvalue weighted by Gasteiger charge is -2.13. The number of hydrogen-bond acceptors (Lipinski definition) is 10. The van der Waals surface area contributed by atoms with Crippen LogP contribution >= 0.6 is 0 Å². The molecule has 0 aromatic heterocycles. The number of rotatable bonds is 9. The molecular weight excluding hydrogens is 470 g/mol. The molecule has 0 radical (unpaired) electrons. The maximum absolute atomic E-state index is 11.5. The van der Waals surface area contributed by atoms with E-state index in [4.69, 9.17) is 26.0 Å². The smallest absolute Gasteiger partial charge is 0.408 e. The molecule has 6 N–H and O–H groups in total. The number of hydrogen-bond donors (Lipinski definition) is 4. The molecule has 0 fully saturated rings. The zero-order valence-electron chi connectivity index (χ0n) is 20.5. The molecule has 0 aliphatic heterocycles. The number of carbonyl (C=O) groups is 4. The molecule has 11 nitrogen and oxygen atoms in total. The molecule has 2 rings (SSSR count). The fraction of sp³-hybridized carbons (Fsp3) is 0.360. The van der Waals surface area contributed by atoms with E-state index in [1.165, 1.54) is 20.8 Å². The van der Waals surface area contributed by atoms with Gasteiger partial charge in [0.25, 0.3) is 0 Å². The highest BCUT2D eigenvalue weighted by atomic mass is 16.6. The minimum atomic E-state index is -1.02. The predicted octanol–water partition coefficient (Wildman–Crippen LogP) is 1.16. The van der Waals surface area contributed by atoms with Crippen LogP contribution < -0.4 is 16.8 Å². The third kappa shape index (κ3) is 12.1. The van der Waals surface area contributed by atoms with E-state index in [0.717, 1.165) is 11.1 Å². The Bertz CT molecular complexity index is 968. The van der Waals surface area contributed by atoms with E-state index in [1.54, 1.807) is 12.1 Å². The van der Waals surface area contributed by atoms with E-state index < -0.39 is 48.2 Å². The molecule has 4 atom stereocenters. The van der Waals surface area contributed by atoms with Crippen molar-refractivity contribution in [1.29, 1.82) is 0 Å². The van der Waals surface area contributed by atoms with E-state index in [9.17, 15) is 19.2 Å². The molecule has 0 aliphatic rings. The van der Waals surface area contributed by atoms with Crippen molar-refractivity contribution in [1.82, 2.24) is 5.32 Å². The third-order valence-corrected chi connectivity index (χ3v) is 4.49. The van der Waals surface area contributed by atoms with Gasteiger partial charge in [0.15, 0.2) is 0 Å². The summed E-state index contributed by atoms with van der Waals surface area (Å²) in [5.41, 5.74) is 12.4. The Morgan fingerprint density at radius 2 is 1.25 bits per heavy atom. The summed E-state index contributed by atoms with van der Waals surface area (Å²) in [6.07, 6.45) is -1.68. The second kappa shape index (κ2) is 16.0. The fourth-order valence-corrected chi connectivity index (χ4v) is 2.30. The Labute approximate surface area is 209 Å². The average molecular weight is 504 g/mol. The van der Waals surface area contributed by atoms with E-state index >= 15 is 0 Å². The van der Waals surface area contributed by atoms with Crippen LogP contribution in [-0.4, -0.2) is 53.3 Å². The number of benzene rings is 2. The zero-order valence-corrected chi connectivity index (χ0v) is 20.5. The monoisotopic (exact) mass is 503 g/mol. The van der Waals surface area contributed by atoms with E-state index in [-0.39, 0.29) is 13.2 Å². The average Bonchev–Trinajstić information content (AvgIpc) is 2.86. The standard InChI is InChI=1S/C14H18N2O5.C11H15NO3/c1-9(15)12(17)21-13(18)10(2)16-14(19)20-8-11-6-4-3-5-7-11;1-8(13)10(12)11(14)15-7-9-5-3-2-4-6-9/h3-7,9-10H,8,15H2,1-2H3,(H,16,19);2-6,8,10,13H,7,12H2,1H3/t9-,10-;8-,10+/m01/s1. The number of nitrogens with two attached hydrogens (primary N) is 2. The van der Waals surface area contributed by atoms with E-state index in [2.05, 4.69) is 10.1 Å². The van der Waals surface area contributed by atoms with Crippen LogP contribution in [0.4, 0.5) is 4.79 Å². The van der Waals surface area contributed by atoms with Crippen molar-refractivity contribution in [2.75, 3.05) is 0 Å². The third-order valence-electron chi connectivity index (χ3n) is 4.49. The van der Waals surface area contributed by atoms with E-state index in [1.807, 2.05) is 48.5 Å². The van der Waals surface area contributed by atoms with Gasteiger partial charge in [-0.15, -0.1) is 0 Å². The van der Waals surface area contributed by atoms with Crippen LogP contribution in [-0.2, 0) is 41.8 Å². The van der Waals surface area contributed by atoms with Crippen LogP contribution in [0.1, 0.15) is 31.9 Å². The largest absolute Gasteiger partial charge is 0.460 e. The van der Waals surface area contributed by atoms with Crippen LogP contribution in [0.2, 0.25) is 0 Å². The van der Waals surface area contributed by atoms with Gasteiger partial charge in [-0.1, -0.05) is 60.7 Å². The number of alkyl carbamates (subject to hydrolysis) is 1. The SMILES string of the molecule is C[C@@H](O)[C@H](N)C(=O)OCc1ccccc1.C[C@H](N)C(=O)OC(=O)[C@H](C)NC(=O)OCc1ccccc1. The van der Waals surface area contributed by atoms with Crippen LogP contribution in [0.15, 0.2) is 60.7 Å². The van der Waals surface area contributed by atoms with Gasteiger partial charge in [-0.3, -0.25) is 4.79 Å². The van der Waals surface area contributed by atoms with Crippen molar-refractivity contribution in [3.8, 4) is 0 Å². The van der Waals surface area contributed by atoms with Gasteiger partial charge in [0.1, 0.15) is 31.3 Å². The number of aliphatic hydroxyl groups is 1. The predicted molar refractivity (Wildman–Crippen MR) is 130 cm³/mol. The highest BCUT2D eigenvalue weighted by Gasteiger charge is 2.22. The summed E-state index contributed by atoms with van der Waals surface area (Å²) in [5.74, 6) is -2.34. The molecule has 11 heteroatoms. The number of esters is 3. The highest BCUT2D eigenvalue weighted by molar-refractivity contribution is 5.91. The summed E-state index contributed by atoms with van der Waals surface area (Å²) in [5, 5.41) is 11.3. The number of carbonyl (C=O) groups excluding carboxylic acids is 4. The Morgan fingerprint density at radius 3 is 1.69 bits per heavy atom. The lowest BCUT2D eigenvalue weighted by atomic mass is 10.2. The van der Waals surface area contributed by atoms with Crippen molar-refractivity contribution < 1.29 is 38.5 Å². The van der Waals surface area contributed by atoms with Gasteiger partial charge in [0.05, 0.1) is 6.10 Å². The molecule has 0 unspecified atom stereocenters. The minimum absolute atomic E-state index is 0.0766. The first-order valence-corrected chi connectivity index (χ1v) is 11.1. The zero-order chi connectivity index (χ0) is 27.1. The van der Waals surface area contributed by atoms with Gasteiger partial charge in [-0.2, -0.15) is 0 Å². The second-order valence-electron chi connectivity index (χ2n) is 7.82. The van der Waals surface area contributed by atoms with Crippen LogP contribution in [0, 0.1) is 0 Å². The molecule has 0 spiro atoms. The molecule has 1 amide bonds. The summed E-state index contributed by atoms with van der Waals surface area (Å²) in [6.45, 7) is 4.48. The number of ether oxygens (including phenoxy) is 3. The minimum Gasteiger partial charge on any atom is -0.460 e. The summed E-state index contributed by atoms with van der Waals surface area (Å²) < 4.78 is 14.3. The van der Waals surface area contributed by atoms with E-state index in [0.29, 0.717) is 0 Å². The van der Waals surface area contributed by atoms with Gasteiger partial charge in [0.2, 0.25) is 0 Å². The Morgan fingerprint density at radius 1 is 0.778 bits per heavy atom. The Hall–Kier alpha value is -3.80. The fourth-order valence-electron chi connectivity index (χ4n) is 2.30. The molecule has 0 heterocycles. The number of amides is 1. The van der Waals surface area contributed by atoms with Crippen LogP contribution in [0.5, 0.6) is 0 Å². The molecule has 0 saturated carbocycles. The summed E-state index contributed by atoms with van der Waals surface area (Å²) in [4.78, 5) is 45.4. The van der Waals surface area contributed by atoms with Crippen LogP contribution in [0.3, 0.4) is 0 Å². The van der Waals surface area contributed by atoms with Crippen molar-refractivity contribution in [3.63, 3.8) is 0 Å². The van der Waals surface area contributed by atoms with Gasteiger partial charge >= 0.3 is 24.0 Å². The quantitative estimate of drug-likeness (QED) is 0.220. The normalized spacial score (nSPS) is 13.5. The molecular formula is C25H33N3O8. The van der Waals surface area contributed by atoms with Gasteiger partial charge in [-0.05, 0) is 31.9 Å². The van der Waals surface area contributed by atoms with Crippen molar-refractivity contribution >= 4 is 24.0 Å². The lowest BCUT2D eigenvalue weighted by Crippen LogP contribution is -2.42. The van der Waals surface area contributed by atoms with Crippen molar-refractivity contribution in [3.05, 3.63) is 71.8 Å². The number of aliphatic hydroxyl groups excluding tert-OH is 1. The van der Waals surface area contributed by atoms with Crippen molar-refractivity contribution in [2.45, 2.75) is 58.2 Å². The first-order valence-electron chi connectivity index (χ1n) is 11.1. The maximum atomic E-state index is 11.5. The maximum Gasteiger partial charge on any atom is 0.408 e. The number of nitrogens with one attached hydrogen (secondary N) is 1. The molecule has 196 valence electrons. The van der Waals surface area contributed by atoms with Gasteiger partial charge in [-0.25, -0.2) is 14.4 Å². The summed E-state index contributed by atoms with van der Waals surface area (Å²) in [7, 11) is 0. The molecule has 36 heavy (non-hydrogen) atoms. The highest BCUT2D eigenvalue weighted by Crippen LogP contribution is 2.03. The second-order valence-corrected chi connectivity index (χ2v) is 7.82. The molecule has 2 aromatic rings. The van der Waals surface area contributed by atoms with Crippen molar-refractivity contribution in [2.24, 2.45) is 11.5 Å². The molecule has 2 aromatic carbocycles. The lowest BCUT2D eigenvalue weighted by molar-refractivity contribution is -0.161. The first kappa shape index (κ1) is 30.2. The first-order chi connectivity index (χ1) is 17.0. The topological polar surface area (TPSA) is 180 Å². The Balaban J connectivity index is 0.000000381. The Kier molecular flexibility index (Phi) is 13.4. The molecule has 0 saturated heterocycles. The van der Waals surface area contributed by atoms with Gasteiger partial charge < -0.3 is 36.1 Å². The molecule has 0 bridgehead atoms.